The molecule has 0 bridgehead atoms. The van der Waals surface area contributed by atoms with Crippen LogP contribution in [0.1, 0.15) is 39.0 Å². The quantitative estimate of drug-likeness (QED) is 0.606. The second-order valence-electron chi connectivity index (χ2n) is 3.98. The second-order valence-corrected chi connectivity index (χ2v) is 3.98. The van der Waals surface area contributed by atoms with E-state index in [-0.39, 0.29) is 11.9 Å². The Labute approximate surface area is 84.9 Å². The molecule has 0 aromatic rings. The number of carbonyl (C=O) groups is 1. The van der Waals surface area contributed by atoms with E-state index >= 15 is 0 Å². The van der Waals surface area contributed by atoms with Crippen molar-refractivity contribution in [1.29, 1.82) is 0 Å². The number of rotatable bonds is 3. The summed E-state index contributed by atoms with van der Waals surface area (Å²) < 4.78 is 0. The molecular formula is C10H20N2O2. The molecule has 0 unspecified atom stereocenters. The van der Waals surface area contributed by atoms with Crippen molar-refractivity contribution < 1.29 is 9.90 Å². The molecule has 0 aromatic carbocycles. The number of nitrogens with two attached hydrogens (primary N) is 1. The fourth-order valence-corrected chi connectivity index (χ4v) is 1.75. The van der Waals surface area contributed by atoms with Gasteiger partial charge in [-0.1, -0.05) is 19.8 Å². The fourth-order valence-electron chi connectivity index (χ4n) is 1.75. The lowest BCUT2D eigenvalue weighted by molar-refractivity contribution is -0.124. The Kier molecular flexibility index (Phi) is 4.35. The fraction of sp³-hybridized carbons (Fsp3) is 0.900. The van der Waals surface area contributed by atoms with Crippen LogP contribution < -0.4 is 11.1 Å². The van der Waals surface area contributed by atoms with E-state index in [1.807, 2.05) is 6.92 Å². The Morgan fingerprint density at radius 2 is 2.21 bits per heavy atom. The van der Waals surface area contributed by atoms with Crippen LogP contribution >= 0.6 is 0 Å². The number of nitrogens with one attached hydrogen (secondary N) is 1. The van der Waals surface area contributed by atoms with Crippen molar-refractivity contribution in [1.82, 2.24) is 5.32 Å². The first-order valence-corrected chi connectivity index (χ1v) is 5.39. The predicted octanol–water partition coefficient (Wildman–Crippen LogP) is 0.143. The lowest BCUT2D eigenvalue weighted by atomic mass is 9.92. The molecule has 1 rings (SSSR count). The lowest BCUT2D eigenvalue weighted by Gasteiger charge is -2.29. The van der Waals surface area contributed by atoms with Crippen LogP contribution in [0.15, 0.2) is 0 Å². The van der Waals surface area contributed by atoms with Gasteiger partial charge in [0.05, 0.1) is 18.2 Å². The van der Waals surface area contributed by atoms with Crippen LogP contribution in [0.4, 0.5) is 0 Å². The van der Waals surface area contributed by atoms with Gasteiger partial charge in [-0.3, -0.25) is 4.79 Å². The van der Waals surface area contributed by atoms with Crippen LogP contribution in [0, 0.1) is 0 Å². The minimum absolute atomic E-state index is 0.0890. The molecule has 0 heterocycles. The van der Waals surface area contributed by atoms with Gasteiger partial charge in [-0.15, -0.1) is 0 Å². The van der Waals surface area contributed by atoms with E-state index in [2.05, 4.69) is 5.32 Å². The number of amides is 1. The Hall–Kier alpha value is -0.610. The monoisotopic (exact) mass is 200 g/mol. The lowest BCUT2D eigenvalue weighted by Crippen LogP contribution is -2.50. The molecule has 1 saturated carbocycles. The SMILES string of the molecule is CC[C@H](N)C(=O)N[C@H]1CCCC[C@@H]1O. The molecule has 0 spiro atoms. The minimum atomic E-state index is -0.441. The molecule has 1 fully saturated rings. The Morgan fingerprint density at radius 3 is 2.79 bits per heavy atom. The van der Waals surface area contributed by atoms with Gasteiger partial charge in [0.1, 0.15) is 0 Å². The number of aliphatic hydroxyl groups is 1. The highest BCUT2D eigenvalue weighted by molar-refractivity contribution is 5.81. The number of carbonyl (C=O) groups excluding carboxylic acids is 1. The maximum Gasteiger partial charge on any atom is 0.237 e. The zero-order valence-electron chi connectivity index (χ0n) is 8.70. The van der Waals surface area contributed by atoms with E-state index in [9.17, 15) is 9.90 Å². The molecule has 14 heavy (non-hydrogen) atoms. The van der Waals surface area contributed by atoms with E-state index in [4.69, 9.17) is 5.73 Å². The average molecular weight is 200 g/mol. The molecule has 1 amide bonds. The second kappa shape index (κ2) is 5.32. The minimum Gasteiger partial charge on any atom is -0.391 e. The third kappa shape index (κ3) is 2.96. The summed E-state index contributed by atoms with van der Waals surface area (Å²) in [5.41, 5.74) is 5.59. The third-order valence-electron chi connectivity index (χ3n) is 2.83. The smallest absolute Gasteiger partial charge is 0.237 e. The summed E-state index contributed by atoms with van der Waals surface area (Å²) in [7, 11) is 0. The number of hydrogen-bond donors (Lipinski definition) is 3. The highest BCUT2D eigenvalue weighted by Crippen LogP contribution is 2.18. The summed E-state index contributed by atoms with van der Waals surface area (Å²) >= 11 is 0. The summed E-state index contributed by atoms with van der Waals surface area (Å²) in [5, 5.41) is 12.4. The molecular weight excluding hydrogens is 180 g/mol. The Bertz CT molecular complexity index is 197. The number of aliphatic hydroxyl groups excluding tert-OH is 1. The van der Waals surface area contributed by atoms with Gasteiger partial charge in [0, 0.05) is 0 Å². The van der Waals surface area contributed by atoms with Crippen molar-refractivity contribution in [2.75, 3.05) is 0 Å². The summed E-state index contributed by atoms with van der Waals surface area (Å²) in [4.78, 5) is 11.4. The van der Waals surface area contributed by atoms with E-state index in [0.29, 0.717) is 6.42 Å². The van der Waals surface area contributed by atoms with Crippen LogP contribution in [-0.4, -0.2) is 29.2 Å². The topological polar surface area (TPSA) is 75.4 Å². The van der Waals surface area contributed by atoms with Gasteiger partial charge in [-0.25, -0.2) is 0 Å². The van der Waals surface area contributed by atoms with Crippen LogP contribution in [0.3, 0.4) is 0 Å². The van der Waals surface area contributed by atoms with Crippen molar-refractivity contribution >= 4 is 5.91 Å². The zero-order valence-corrected chi connectivity index (χ0v) is 8.70. The summed E-state index contributed by atoms with van der Waals surface area (Å²) in [6.45, 7) is 1.88. The Morgan fingerprint density at radius 1 is 1.57 bits per heavy atom. The van der Waals surface area contributed by atoms with Gasteiger partial charge in [-0.2, -0.15) is 0 Å². The molecule has 4 nitrogen and oxygen atoms in total. The molecule has 0 radical (unpaired) electrons. The molecule has 1 aliphatic carbocycles. The summed E-state index contributed by atoms with van der Waals surface area (Å²) in [6, 6.07) is -0.530. The van der Waals surface area contributed by atoms with Crippen LogP contribution in [0.25, 0.3) is 0 Å². The van der Waals surface area contributed by atoms with Crippen LogP contribution in [0.2, 0.25) is 0 Å². The van der Waals surface area contributed by atoms with Crippen molar-refractivity contribution in [2.24, 2.45) is 5.73 Å². The van der Waals surface area contributed by atoms with Crippen molar-refractivity contribution in [2.45, 2.75) is 57.2 Å². The summed E-state index contributed by atoms with van der Waals surface area (Å²) in [5.74, 6) is -0.140. The van der Waals surface area contributed by atoms with E-state index in [1.165, 1.54) is 0 Å². The first-order valence-electron chi connectivity index (χ1n) is 5.39. The first-order chi connectivity index (χ1) is 6.65. The summed E-state index contributed by atoms with van der Waals surface area (Å²) in [6.07, 6.45) is 4.01. The van der Waals surface area contributed by atoms with E-state index in [0.717, 1.165) is 25.7 Å². The van der Waals surface area contributed by atoms with Crippen molar-refractivity contribution in [3.05, 3.63) is 0 Å². The molecule has 0 saturated heterocycles. The zero-order chi connectivity index (χ0) is 10.6. The number of hydrogen-bond acceptors (Lipinski definition) is 3. The average Bonchev–Trinajstić information content (AvgIpc) is 2.20. The molecule has 1 aliphatic rings. The highest BCUT2D eigenvalue weighted by Gasteiger charge is 2.25. The molecule has 3 atom stereocenters. The highest BCUT2D eigenvalue weighted by atomic mass is 16.3. The van der Waals surface area contributed by atoms with Crippen LogP contribution in [-0.2, 0) is 4.79 Å². The Balaban J connectivity index is 2.38. The van der Waals surface area contributed by atoms with Gasteiger partial charge in [-0.05, 0) is 19.3 Å². The maximum atomic E-state index is 11.4. The van der Waals surface area contributed by atoms with Gasteiger partial charge in [0.2, 0.25) is 5.91 Å². The van der Waals surface area contributed by atoms with Gasteiger partial charge in [0.15, 0.2) is 0 Å². The third-order valence-corrected chi connectivity index (χ3v) is 2.83. The molecule has 0 aliphatic heterocycles. The van der Waals surface area contributed by atoms with Crippen molar-refractivity contribution in [3.8, 4) is 0 Å². The molecule has 0 aromatic heterocycles. The standard InChI is InChI=1S/C10H20N2O2/c1-2-7(11)10(14)12-8-5-3-4-6-9(8)13/h7-9,13H,2-6,11H2,1H3,(H,12,14)/t7-,8-,9-/m0/s1. The molecule has 4 heteroatoms. The van der Waals surface area contributed by atoms with Crippen molar-refractivity contribution in [3.63, 3.8) is 0 Å². The molecule has 4 N–H and O–H groups in total. The van der Waals surface area contributed by atoms with Gasteiger partial charge >= 0.3 is 0 Å². The van der Waals surface area contributed by atoms with Gasteiger partial charge in [0.25, 0.3) is 0 Å². The van der Waals surface area contributed by atoms with Gasteiger partial charge < -0.3 is 16.2 Å². The normalized spacial score (nSPS) is 29.6. The first kappa shape index (κ1) is 11.5. The molecule has 82 valence electrons. The largest absolute Gasteiger partial charge is 0.391 e. The maximum absolute atomic E-state index is 11.4. The predicted molar refractivity (Wildman–Crippen MR) is 54.7 cm³/mol. The van der Waals surface area contributed by atoms with E-state index in [1.54, 1.807) is 0 Å². The van der Waals surface area contributed by atoms with Crippen LogP contribution in [0.5, 0.6) is 0 Å². The van der Waals surface area contributed by atoms with E-state index < -0.39 is 12.1 Å².